The van der Waals surface area contributed by atoms with Gasteiger partial charge in [0, 0.05) is 26.1 Å². The Morgan fingerprint density at radius 2 is 2.00 bits per heavy atom. The Balaban J connectivity index is 2.25. The monoisotopic (exact) mass is 271 g/mol. The van der Waals surface area contributed by atoms with Crippen LogP contribution in [0.25, 0.3) is 0 Å². The predicted octanol–water partition coefficient (Wildman–Crippen LogP) is 0.160. The normalized spacial score (nSPS) is 15.5. The van der Waals surface area contributed by atoms with Crippen LogP contribution in [0.15, 0.2) is 0 Å². The van der Waals surface area contributed by atoms with Crippen LogP contribution in [0.1, 0.15) is 32.6 Å². The van der Waals surface area contributed by atoms with Gasteiger partial charge < -0.3 is 20.6 Å². The third kappa shape index (κ3) is 5.15. The predicted molar refractivity (Wildman–Crippen MR) is 68.7 cm³/mol. The van der Waals surface area contributed by atoms with Gasteiger partial charge in [0.1, 0.15) is 6.04 Å². The molecule has 1 aliphatic rings. The highest BCUT2D eigenvalue weighted by Gasteiger charge is 2.25. The van der Waals surface area contributed by atoms with E-state index in [0.717, 1.165) is 17.7 Å². The first-order valence-corrected chi connectivity index (χ1v) is 6.48. The van der Waals surface area contributed by atoms with E-state index in [1.54, 1.807) is 6.92 Å². The van der Waals surface area contributed by atoms with E-state index < -0.39 is 18.0 Å². The van der Waals surface area contributed by atoms with Crippen LogP contribution in [-0.2, 0) is 9.59 Å². The van der Waals surface area contributed by atoms with Crippen molar-refractivity contribution in [3.05, 3.63) is 0 Å². The molecule has 1 atom stereocenters. The smallest absolute Gasteiger partial charge is 0.326 e. The molecule has 0 spiro atoms. The fraction of sp³-hybridized carbons (Fsp3) is 0.750. The average molecular weight is 271 g/mol. The van der Waals surface area contributed by atoms with Gasteiger partial charge in [0.15, 0.2) is 0 Å². The minimum Gasteiger partial charge on any atom is -0.480 e. The molecular formula is C12H21N3O4. The first kappa shape index (κ1) is 15.3. The van der Waals surface area contributed by atoms with Gasteiger partial charge in [-0.2, -0.15) is 0 Å². The molecule has 1 rings (SSSR count). The molecule has 3 amide bonds. The van der Waals surface area contributed by atoms with Crippen LogP contribution in [0.4, 0.5) is 4.79 Å². The Bertz CT molecular complexity index is 355. The summed E-state index contributed by atoms with van der Waals surface area (Å²) in [4.78, 5) is 35.1. The van der Waals surface area contributed by atoms with Crippen molar-refractivity contribution in [1.29, 1.82) is 0 Å². The lowest BCUT2D eigenvalue weighted by Gasteiger charge is -2.23. The number of hydrogen-bond acceptors (Lipinski definition) is 3. The molecule has 0 saturated heterocycles. The number of likely N-dealkylation sites (N-methyl/N-ethyl adjacent to an activating group) is 1. The Kier molecular flexibility index (Phi) is 5.59. The molecule has 7 heteroatoms. The van der Waals surface area contributed by atoms with Crippen LogP contribution < -0.4 is 10.6 Å². The average Bonchev–Trinajstić information content (AvgIpc) is 3.12. The van der Waals surface area contributed by atoms with E-state index in [1.165, 1.54) is 7.05 Å². The first-order valence-electron chi connectivity index (χ1n) is 6.48. The van der Waals surface area contributed by atoms with Gasteiger partial charge in [0.2, 0.25) is 5.91 Å². The van der Waals surface area contributed by atoms with Crippen LogP contribution in [-0.4, -0.2) is 53.6 Å². The molecule has 7 nitrogen and oxygen atoms in total. The number of amides is 3. The summed E-state index contributed by atoms with van der Waals surface area (Å²) in [7, 11) is 1.43. The molecule has 1 fully saturated rings. The van der Waals surface area contributed by atoms with Gasteiger partial charge in [-0.05, 0) is 19.3 Å². The first-order chi connectivity index (χ1) is 8.95. The summed E-state index contributed by atoms with van der Waals surface area (Å²) in [5, 5.41) is 14.3. The Hall–Kier alpha value is -1.79. The molecular weight excluding hydrogens is 250 g/mol. The molecule has 3 N–H and O–H groups in total. The standard InChI is InChI=1S/C12H21N3O4/c1-3-9(11(17)18)15(2)12(19)13-7-6-10(16)14-8-4-5-8/h8-9H,3-7H2,1-2H3,(H,13,19)(H,14,16)(H,17,18). The summed E-state index contributed by atoms with van der Waals surface area (Å²) < 4.78 is 0. The summed E-state index contributed by atoms with van der Waals surface area (Å²) in [6, 6.07) is -1.02. The highest BCUT2D eigenvalue weighted by atomic mass is 16.4. The maximum Gasteiger partial charge on any atom is 0.326 e. The number of nitrogens with zero attached hydrogens (tertiary/aromatic N) is 1. The lowest BCUT2D eigenvalue weighted by Crippen LogP contribution is -2.47. The zero-order valence-corrected chi connectivity index (χ0v) is 11.3. The van der Waals surface area contributed by atoms with Crippen LogP contribution in [0.5, 0.6) is 0 Å². The second-order valence-electron chi connectivity index (χ2n) is 4.70. The van der Waals surface area contributed by atoms with Gasteiger partial charge in [-0.1, -0.05) is 6.92 Å². The number of carboxylic acids is 1. The van der Waals surface area contributed by atoms with E-state index >= 15 is 0 Å². The van der Waals surface area contributed by atoms with Crippen LogP contribution in [0.3, 0.4) is 0 Å². The number of rotatable bonds is 7. The highest BCUT2D eigenvalue weighted by molar-refractivity contribution is 5.83. The van der Waals surface area contributed by atoms with E-state index in [1.807, 2.05) is 0 Å². The Labute approximate surface area is 112 Å². The molecule has 0 aromatic heterocycles. The second-order valence-corrected chi connectivity index (χ2v) is 4.70. The van der Waals surface area contributed by atoms with Gasteiger partial charge in [0.05, 0.1) is 0 Å². The molecule has 1 saturated carbocycles. The molecule has 108 valence electrons. The molecule has 1 unspecified atom stereocenters. The van der Waals surface area contributed by atoms with Crippen molar-refractivity contribution < 1.29 is 19.5 Å². The molecule has 0 aromatic carbocycles. The SMILES string of the molecule is CCC(C(=O)O)N(C)C(=O)NCCC(=O)NC1CC1. The van der Waals surface area contributed by atoms with E-state index in [9.17, 15) is 14.4 Å². The minimum atomic E-state index is -1.04. The van der Waals surface area contributed by atoms with E-state index in [2.05, 4.69) is 10.6 Å². The Morgan fingerprint density at radius 3 is 2.47 bits per heavy atom. The molecule has 0 bridgehead atoms. The van der Waals surface area contributed by atoms with Crippen molar-refractivity contribution in [3.8, 4) is 0 Å². The number of carbonyl (C=O) groups is 3. The summed E-state index contributed by atoms with van der Waals surface area (Å²) >= 11 is 0. The van der Waals surface area contributed by atoms with Crippen LogP contribution in [0.2, 0.25) is 0 Å². The van der Waals surface area contributed by atoms with Crippen molar-refractivity contribution >= 4 is 17.9 Å². The molecule has 0 heterocycles. The summed E-state index contributed by atoms with van der Waals surface area (Å²) in [6.45, 7) is 1.91. The van der Waals surface area contributed by atoms with Gasteiger partial charge in [-0.15, -0.1) is 0 Å². The van der Waals surface area contributed by atoms with Crippen molar-refractivity contribution in [2.24, 2.45) is 0 Å². The third-order valence-corrected chi connectivity index (χ3v) is 3.03. The number of aliphatic carboxylic acids is 1. The molecule has 19 heavy (non-hydrogen) atoms. The number of hydrogen-bond donors (Lipinski definition) is 3. The van der Waals surface area contributed by atoms with E-state index in [0.29, 0.717) is 12.5 Å². The van der Waals surface area contributed by atoms with Gasteiger partial charge in [-0.3, -0.25) is 4.79 Å². The van der Waals surface area contributed by atoms with Gasteiger partial charge in [0.25, 0.3) is 0 Å². The van der Waals surface area contributed by atoms with Gasteiger partial charge >= 0.3 is 12.0 Å². The number of carboxylic acid groups (broad SMARTS) is 1. The fourth-order valence-electron chi connectivity index (χ4n) is 1.69. The highest BCUT2D eigenvalue weighted by Crippen LogP contribution is 2.18. The van der Waals surface area contributed by atoms with Crippen LogP contribution in [0, 0.1) is 0 Å². The summed E-state index contributed by atoms with van der Waals surface area (Å²) in [5.41, 5.74) is 0. The quantitative estimate of drug-likeness (QED) is 0.614. The molecule has 0 radical (unpaired) electrons. The molecule has 0 aromatic rings. The topological polar surface area (TPSA) is 98.7 Å². The number of nitrogens with one attached hydrogen (secondary N) is 2. The zero-order chi connectivity index (χ0) is 14.4. The lowest BCUT2D eigenvalue weighted by atomic mass is 10.2. The molecule has 1 aliphatic carbocycles. The summed E-state index contributed by atoms with van der Waals surface area (Å²) in [6.07, 6.45) is 2.59. The third-order valence-electron chi connectivity index (χ3n) is 3.03. The lowest BCUT2D eigenvalue weighted by molar-refractivity contribution is -0.141. The maximum absolute atomic E-state index is 11.7. The van der Waals surface area contributed by atoms with Crippen molar-refractivity contribution in [2.75, 3.05) is 13.6 Å². The Morgan fingerprint density at radius 1 is 1.37 bits per heavy atom. The maximum atomic E-state index is 11.7. The number of urea groups is 1. The van der Waals surface area contributed by atoms with Crippen molar-refractivity contribution in [2.45, 2.75) is 44.7 Å². The van der Waals surface area contributed by atoms with E-state index in [4.69, 9.17) is 5.11 Å². The molecule has 0 aliphatic heterocycles. The largest absolute Gasteiger partial charge is 0.480 e. The number of carbonyl (C=O) groups excluding carboxylic acids is 2. The van der Waals surface area contributed by atoms with Gasteiger partial charge in [-0.25, -0.2) is 9.59 Å². The fourth-order valence-corrected chi connectivity index (χ4v) is 1.69. The minimum absolute atomic E-state index is 0.0873. The van der Waals surface area contributed by atoms with Crippen molar-refractivity contribution in [1.82, 2.24) is 15.5 Å². The van der Waals surface area contributed by atoms with Crippen LogP contribution >= 0.6 is 0 Å². The second kappa shape index (κ2) is 6.96. The summed E-state index contributed by atoms with van der Waals surface area (Å²) in [5.74, 6) is -1.12. The van der Waals surface area contributed by atoms with E-state index in [-0.39, 0.29) is 18.9 Å². The zero-order valence-electron chi connectivity index (χ0n) is 11.3. The van der Waals surface area contributed by atoms with Crippen molar-refractivity contribution in [3.63, 3.8) is 0 Å².